The average molecular weight is 351 g/mol. The maximum atomic E-state index is 12.8. The molecule has 1 N–H and O–H groups in total. The molecule has 1 aromatic carbocycles. The summed E-state index contributed by atoms with van der Waals surface area (Å²) in [5.41, 5.74) is 0.358. The Bertz CT molecular complexity index is 630. The van der Waals surface area contributed by atoms with E-state index in [1.807, 2.05) is 13.8 Å². The van der Waals surface area contributed by atoms with Gasteiger partial charge in [-0.3, -0.25) is 4.79 Å². The standard InChI is InChI=1S/C18H25NO6/c1-11(2)10-25-15-6-5-12(7-16(15)24-4)17(20)19-9-13(23-3)8-14(19)18(21)22/h5-7,11,13-14H,8-10H2,1-4H3,(H,21,22). The molecule has 25 heavy (non-hydrogen) atoms. The molecular weight excluding hydrogens is 326 g/mol. The number of hydrogen-bond donors (Lipinski definition) is 1. The van der Waals surface area contributed by atoms with Gasteiger partial charge in [0.25, 0.3) is 5.91 Å². The minimum absolute atomic E-state index is 0.250. The van der Waals surface area contributed by atoms with Gasteiger partial charge in [0.2, 0.25) is 0 Å². The molecule has 1 fully saturated rings. The van der Waals surface area contributed by atoms with Crippen LogP contribution < -0.4 is 9.47 Å². The number of carboxylic acids is 1. The largest absolute Gasteiger partial charge is 0.493 e. The molecule has 0 bridgehead atoms. The number of carbonyl (C=O) groups excluding carboxylic acids is 1. The molecule has 1 aliphatic heterocycles. The van der Waals surface area contributed by atoms with E-state index in [0.717, 1.165) is 0 Å². The summed E-state index contributed by atoms with van der Waals surface area (Å²) in [5, 5.41) is 9.37. The predicted octanol–water partition coefficient (Wildman–Crippen LogP) is 2.04. The zero-order valence-electron chi connectivity index (χ0n) is 15.0. The molecule has 1 amide bonds. The summed E-state index contributed by atoms with van der Waals surface area (Å²) < 4.78 is 16.2. The van der Waals surface area contributed by atoms with Crippen molar-refractivity contribution in [2.75, 3.05) is 27.4 Å². The van der Waals surface area contributed by atoms with E-state index in [0.29, 0.717) is 29.6 Å². The smallest absolute Gasteiger partial charge is 0.326 e. The second-order valence-corrected chi connectivity index (χ2v) is 6.48. The lowest BCUT2D eigenvalue weighted by atomic mass is 10.1. The maximum Gasteiger partial charge on any atom is 0.326 e. The summed E-state index contributed by atoms with van der Waals surface area (Å²) in [6.45, 7) is 4.86. The Morgan fingerprint density at radius 3 is 2.56 bits per heavy atom. The lowest BCUT2D eigenvalue weighted by molar-refractivity contribution is -0.141. The van der Waals surface area contributed by atoms with Gasteiger partial charge in [0.05, 0.1) is 19.8 Å². The fourth-order valence-corrected chi connectivity index (χ4v) is 2.77. The van der Waals surface area contributed by atoms with Crippen LogP contribution in [0.2, 0.25) is 0 Å². The summed E-state index contributed by atoms with van der Waals surface area (Å²) >= 11 is 0. The number of hydrogen-bond acceptors (Lipinski definition) is 5. The number of carboxylic acid groups (broad SMARTS) is 1. The molecule has 1 saturated heterocycles. The Hall–Kier alpha value is -2.28. The molecule has 2 unspecified atom stereocenters. The first kappa shape index (κ1) is 19.1. The zero-order valence-corrected chi connectivity index (χ0v) is 15.0. The maximum absolute atomic E-state index is 12.8. The quantitative estimate of drug-likeness (QED) is 0.809. The molecule has 138 valence electrons. The van der Waals surface area contributed by atoms with E-state index in [4.69, 9.17) is 14.2 Å². The molecule has 0 aromatic heterocycles. The van der Waals surface area contributed by atoms with Gasteiger partial charge in [-0.2, -0.15) is 0 Å². The van der Waals surface area contributed by atoms with E-state index < -0.39 is 12.0 Å². The molecule has 1 heterocycles. The van der Waals surface area contributed by atoms with E-state index in [9.17, 15) is 14.7 Å². The minimum Gasteiger partial charge on any atom is -0.493 e. The molecule has 1 aromatic rings. The average Bonchev–Trinajstić information content (AvgIpc) is 3.03. The third kappa shape index (κ3) is 4.42. The van der Waals surface area contributed by atoms with Crippen LogP contribution in [-0.2, 0) is 9.53 Å². The molecule has 0 aliphatic carbocycles. The van der Waals surface area contributed by atoms with E-state index in [-0.39, 0.29) is 25.0 Å². The Morgan fingerprint density at radius 2 is 2.00 bits per heavy atom. The molecule has 0 saturated carbocycles. The summed E-state index contributed by atoms with van der Waals surface area (Å²) in [4.78, 5) is 25.6. The van der Waals surface area contributed by atoms with E-state index >= 15 is 0 Å². The fraction of sp³-hybridized carbons (Fsp3) is 0.556. The first-order chi connectivity index (χ1) is 11.9. The van der Waals surface area contributed by atoms with Crippen molar-refractivity contribution in [1.82, 2.24) is 4.90 Å². The summed E-state index contributed by atoms with van der Waals surface area (Å²) in [6, 6.07) is 3.99. The number of benzene rings is 1. The summed E-state index contributed by atoms with van der Waals surface area (Å²) in [5.74, 6) is -0.0325. The molecule has 7 nitrogen and oxygen atoms in total. The van der Waals surface area contributed by atoms with Crippen LogP contribution in [0.25, 0.3) is 0 Å². The van der Waals surface area contributed by atoms with Crippen molar-refractivity contribution >= 4 is 11.9 Å². The summed E-state index contributed by atoms with van der Waals surface area (Å²) in [6.07, 6.45) is 0.00481. The Labute approximate surface area is 147 Å². The molecule has 7 heteroatoms. The molecular formula is C18H25NO6. The van der Waals surface area contributed by atoms with E-state index in [2.05, 4.69) is 0 Å². The fourth-order valence-electron chi connectivity index (χ4n) is 2.77. The molecule has 0 radical (unpaired) electrons. The van der Waals surface area contributed by atoms with Gasteiger partial charge in [-0.1, -0.05) is 13.8 Å². The van der Waals surface area contributed by atoms with Crippen LogP contribution in [0, 0.1) is 5.92 Å². The normalized spacial score (nSPS) is 20.0. The number of carbonyl (C=O) groups is 2. The van der Waals surface area contributed by atoms with Crippen molar-refractivity contribution in [1.29, 1.82) is 0 Å². The second kappa shape index (κ2) is 8.20. The van der Waals surface area contributed by atoms with Crippen LogP contribution in [0.1, 0.15) is 30.6 Å². The number of amides is 1. The Kier molecular flexibility index (Phi) is 6.25. The van der Waals surface area contributed by atoms with E-state index in [1.165, 1.54) is 19.1 Å². The van der Waals surface area contributed by atoms with Crippen LogP contribution >= 0.6 is 0 Å². The monoisotopic (exact) mass is 351 g/mol. The number of aliphatic carboxylic acids is 1. The van der Waals surface area contributed by atoms with Gasteiger partial charge in [0.1, 0.15) is 6.04 Å². The van der Waals surface area contributed by atoms with Crippen molar-refractivity contribution in [2.45, 2.75) is 32.4 Å². The van der Waals surface area contributed by atoms with Gasteiger partial charge < -0.3 is 24.2 Å². The number of ether oxygens (including phenoxy) is 3. The topological polar surface area (TPSA) is 85.3 Å². The van der Waals surface area contributed by atoms with Crippen molar-refractivity contribution in [3.8, 4) is 11.5 Å². The van der Waals surface area contributed by atoms with Crippen molar-refractivity contribution < 1.29 is 28.9 Å². The van der Waals surface area contributed by atoms with Gasteiger partial charge >= 0.3 is 5.97 Å². The molecule has 2 rings (SSSR count). The second-order valence-electron chi connectivity index (χ2n) is 6.48. The van der Waals surface area contributed by atoms with Crippen LogP contribution in [0.4, 0.5) is 0 Å². The van der Waals surface area contributed by atoms with Crippen LogP contribution in [0.15, 0.2) is 18.2 Å². The van der Waals surface area contributed by atoms with Crippen LogP contribution in [-0.4, -0.2) is 61.4 Å². The zero-order chi connectivity index (χ0) is 18.6. The number of methoxy groups -OCH3 is 2. The third-order valence-electron chi connectivity index (χ3n) is 4.12. The van der Waals surface area contributed by atoms with E-state index in [1.54, 1.807) is 18.2 Å². The first-order valence-electron chi connectivity index (χ1n) is 8.24. The van der Waals surface area contributed by atoms with Crippen LogP contribution in [0.5, 0.6) is 11.5 Å². The summed E-state index contributed by atoms with van der Waals surface area (Å²) in [7, 11) is 3.02. The van der Waals surface area contributed by atoms with Crippen LogP contribution in [0.3, 0.4) is 0 Å². The van der Waals surface area contributed by atoms with Gasteiger partial charge in [-0.15, -0.1) is 0 Å². The first-order valence-corrected chi connectivity index (χ1v) is 8.24. The number of rotatable bonds is 7. The molecule has 1 aliphatic rings. The lowest BCUT2D eigenvalue weighted by Gasteiger charge is -2.22. The van der Waals surface area contributed by atoms with Crippen molar-refractivity contribution in [3.63, 3.8) is 0 Å². The minimum atomic E-state index is -1.03. The number of likely N-dealkylation sites (tertiary alicyclic amines) is 1. The highest BCUT2D eigenvalue weighted by Crippen LogP contribution is 2.30. The van der Waals surface area contributed by atoms with Crippen molar-refractivity contribution in [2.24, 2.45) is 5.92 Å². The van der Waals surface area contributed by atoms with Gasteiger partial charge in [0.15, 0.2) is 11.5 Å². The molecule has 2 atom stereocenters. The lowest BCUT2D eigenvalue weighted by Crippen LogP contribution is -2.40. The Balaban J connectivity index is 2.22. The SMILES string of the molecule is COc1cc(C(=O)N2CC(OC)CC2C(=O)O)ccc1OCC(C)C. The highest BCUT2D eigenvalue weighted by molar-refractivity contribution is 5.97. The van der Waals surface area contributed by atoms with Gasteiger partial charge in [-0.05, 0) is 24.1 Å². The highest BCUT2D eigenvalue weighted by atomic mass is 16.5. The van der Waals surface area contributed by atoms with Crippen molar-refractivity contribution in [3.05, 3.63) is 23.8 Å². The molecule has 0 spiro atoms. The van der Waals surface area contributed by atoms with Gasteiger partial charge in [0, 0.05) is 25.6 Å². The highest BCUT2D eigenvalue weighted by Gasteiger charge is 2.40. The van der Waals surface area contributed by atoms with Gasteiger partial charge in [-0.25, -0.2) is 4.79 Å². The Morgan fingerprint density at radius 1 is 1.28 bits per heavy atom. The predicted molar refractivity (Wildman–Crippen MR) is 91.2 cm³/mol. The third-order valence-corrected chi connectivity index (χ3v) is 4.12. The number of nitrogens with zero attached hydrogens (tertiary/aromatic N) is 1.